The van der Waals surface area contributed by atoms with Crippen molar-refractivity contribution in [3.63, 3.8) is 0 Å². The van der Waals surface area contributed by atoms with Gasteiger partial charge in [0.05, 0.1) is 27.9 Å². The zero-order chi connectivity index (χ0) is 26.9. The summed E-state index contributed by atoms with van der Waals surface area (Å²) in [5.74, 6) is 0.0380. The molecule has 3 aromatic rings. The summed E-state index contributed by atoms with van der Waals surface area (Å²) < 4.78 is 11.3. The van der Waals surface area contributed by atoms with E-state index in [0.29, 0.717) is 25.9 Å². The van der Waals surface area contributed by atoms with Crippen LogP contribution in [0.3, 0.4) is 0 Å². The lowest BCUT2D eigenvalue weighted by molar-refractivity contribution is -0.132. The van der Waals surface area contributed by atoms with Gasteiger partial charge in [0, 0.05) is 6.92 Å². The number of hydrogen-bond donors (Lipinski definition) is 0. The minimum Gasteiger partial charge on any atom is -0.493 e. The normalized spacial score (nSPS) is 15.5. The van der Waals surface area contributed by atoms with Crippen molar-refractivity contribution in [2.75, 3.05) is 12.0 Å². The van der Waals surface area contributed by atoms with Gasteiger partial charge >= 0.3 is 5.97 Å². The van der Waals surface area contributed by atoms with E-state index in [9.17, 15) is 9.59 Å². The molecule has 3 aromatic carbocycles. The van der Waals surface area contributed by atoms with Gasteiger partial charge < -0.3 is 9.47 Å². The highest BCUT2D eigenvalue weighted by atomic mass is 79.9. The molecule has 1 saturated heterocycles. The molecular weight excluding hydrogens is 552 g/mol. The van der Waals surface area contributed by atoms with Crippen molar-refractivity contribution in [1.29, 1.82) is 0 Å². The number of amidine groups is 1. The molecule has 8 heteroatoms. The Kier molecular flexibility index (Phi) is 7.90. The third kappa shape index (κ3) is 5.81. The molecule has 0 saturated carbocycles. The van der Waals surface area contributed by atoms with E-state index in [1.165, 1.54) is 31.4 Å². The van der Waals surface area contributed by atoms with Crippen LogP contribution < -0.4 is 14.4 Å². The van der Waals surface area contributed by atoms with Gasteiger partial charge in [-0.25, -0.2) is 4.99 Å². The van der Waals surface area contributed by atoms with Gasteiger partial charge in [0.1, 0.15) is 0 Å². The third-order valence-electron chi connectivity index (χ3n) is 6.07. The van der Waals surface area contributed by atoms with Crippen molar-refractivity contribution in [3.8, 4) is 11.5 Å². The van der Waals surface area contributed by atoms with Gasteiger partial charge in [-0.15, -0.1) is 0 Å². The summed E-state index contributed by atoms with van der Waals surface area (Å²) >= 11 is 4.76. The zero-order valence-electron chi connectivity index (χ0n) is 21.5. The summed E-state index contributed by atoms with van der Waals surface area (Å²) in [6, 6.07) is 15.5. The van der Waals surface area contributed by atoms with Crippen LogP contribution in [0.1, 0.15) is 34.7 Å². The van der Waals surface area contributed by atoms with Crippen molar-refractivity contribution >= 4 is 62.2 Å². The number of aryl methyl sites for hydroxylation is 4. The molecule has 6 nitrogen and oxygen atoms in total. The molecule has 0 radical (unpaired) electrons. The molecule has 190 valence electrons. The second-order valence-corrected chi connectivity index (χ2v) is 10.7. The maximum absolute atomic E-state index is 13.7. The van der Waals surface area contributed by atoms with E-state index >= 15 is 0 Å². The number of aliphatic imine (C=N–C) groups is 1. The molecule has 1 amide bonds. The molecule has 0 spiro atoms. The predicted molar refractivity (Wildman–Crippen MR) is 154 cm³/mol. The SMILES string of the molecule is COc1cc(/C=C2\SC(=Nc3ccc(C)c(C)c3)N(c3ccc(C)c(C)c3)C2=O)cc(Br)c1OC(C)=O. The zero-order valence-corrected chi connectivity index (χ0v) is 23.9. The van der Waals surface area contributed by atoms with Crippen molar-refractivity contribution in [2.24, 2.45) is 4.99 Å². The lowest BCUT2D eigenvalue weighted by Crippen LogP contribution is -2.28. The molecule has 0 bridgehead atoms. The van der Waals surface area contributed by atoms with Gasteiger partial charge in [-0.05, 0) is 126 Å². The first-order chi connectivity index (χ1) is 17.6. The Morgan fingerprint density at radius 2 is 1.65 bits per heavy atom. The second kappa shape index (κ2) is 10.9. The maximum atomic E-state index is 13.7. The Balaban J connectivity index is 1.80. The van der Waals surface area contributed by atoms with Crippen LogP contribution in [-0.2, 0) is 9.59 Å². The summed E-state index contributed by atoms with van der Waals surface area (Å²) in [5, 5.41) is 0.574. The van der Waals surface area contributed by atoms with E-state index in [0.717, 1.165) is 28.1 Å². The summed E-state index contributed by atoms with van der Waals surface area (Å²) in [6.07, 6.45) is 1.79. The molecule has 0 atom stereocenters. The highest BCUT2D eigenvalue weighted by Crippen LogP contribution is 2.41. The number of hydrogen-bond acceptors (Lipinski definition) is 6. The number of esters is 1. The topological polar surface area (TPSA) is 68.2 Å². The van der Waals surface area contributed by atoms with Gasteiger partial charge in [-0.3, -0.25) is 14.5 Å². The standard InChI is InChI=1S/C29H27BrN2O4S/c1-16-7-9-22(11-18(16)3)31-29-32(23-10-8-17(2)19(4)12-23)28(34)26(37-29)15-21-13-24(30)27(36-20(5)33)25(14-21)35-6/h7-15H,1-6H3/b26-15-,31-29?. The average Bonchev–Trinajstić information content (AvgIpc) is 3.13. The lowest BCUT2D eigenvalue weighted by atomic mass is 10.1. The van der Waals surface area contributed by atoms with Crippen molar-refractivity contribution in [1.82, 2.24) is 0 Å². The maximum Gasteiger partial charge on any atom is 0.308 e. The number of nitrogens with zero attached hydrogens (tertiary/aromatic N) is 2. The Labute approximate surface area is 229 Å². The molecule has 0 aromatic heterocycles. The van der Waals surface area contributed by atoms with E-state index in [2.05, 4.69) is 22.9 Å². The summed E-state index contributed by atoms with van der Waals surface area (Å²) in [6.45, 7) is 9.50. The number of ether oxygens (including phenoxy) is 2. The first kappa shape index (κ1) is 26.7. The summed E-state index contributed by atoms with van der Waals surface area (Å²) in [5.41, 5.74) is 6.81. The number of carbonyl (C=O) groups is 2. The van der Waals surface area contributed by atoms with E-state index < -0.39 is 5.97 Å². The number of halogens is 1. The average molecular weight is 580 g/mol. The third-order valence-corrected chi connectivity index (χ3v) is 7.62. The van der Waals surface area contributed by atoms with Crippen LogP contribution in [0.25, 0.3) is 6.08 Å². The molecule has 0 N–H and O–H groups in total. The van der Waals surface area contributed by atoms with Crippen LogP contribution in [0.4, 0.5) is 11.4 Å². The smallest absolute Gasteiger partial charge is 0.308 e. The summed E-state index contributed by atoms with van der Waals surface area (Å²) in [7, 11) is 1.50. The van der Waals surface area contributed by atoms with Crippen molar-refractivity contribution in [3.05, 3.63) is 85.7 Å². The predicted octanol–water partition coefficient (Wildman–Crippen LogP) is 7.43. The Morgan fingerprint density at radius 1 is 0.973 bits per heavy atom. The Hall–Kier alpha value is -3.36. The summed E-state index contributed by atoms with van der Waals surface area (Å²) in [4.78, 5) is 32.3. The van der Waals surface area contributed by atoms with Crippen LogP contribution in [0.5, 0.6) is 11.5 Å². The van der Waals surface area contributed by atoms with E-state index in [4.69, 9.17) is 14.5 Å². The van der Waals surface area contributed by atoms with Crippen molar-refractivity contribution in [2.45, 2.75) is 34.6 Å². The van der Waals surface area contributed by atoms with Crippen molar-refractivity contribution < 1.29 is 19.1 Å². The Bertz CT molecular complexity index is 1480. The molecule has 1 heterocycles. The molecule has 0 unspecified atom stereocenters. The monoisotopic (exact) mass is 578 g/mol. The van der Waals surface area contributed by atoms with Gasteiger partial charge in [-0.1, -0.05) is 12.1 Å². The molecular formula is C29H27BrN2O4S. The number of rotatable bonds is 5. The minimum absolute atomic E-state index is 0.171. The number of benzene rings is 3. The van der Waals surface area contributed by atoms with Gasteiger partial charge in [-0.2, -0.15) is 0 Å². The highest BCUT2D eigenvalue weighted by molar-refractivity contribution is 9.10. The fraction of sp³-hybridized carbons (Fsp3) is 0.207. The van der Waals surface area contributed by atoms with Gasteiger partial charge in [0.2, 0.25) is 0 Å². The molecule has 1 aliphatic rings. The first-order valence-electron chi connectivity index (χ1n) is 11.6. The highest BCUT2D eigenvalue weighted by Gasteiger charge is 2.35. The van der Waals surface area contributed by atoms with Crippen LogP contribution >= 0.6 is 27.7 Å². The van der Waals surface area contributed by atoms with Crippen LogP contribution in [0.2, 0.25) is 0 Å². The number of carbonyl (C=O) groups excluding carboxylic acids is 2. The second-order valence-electron chi connectivity index (χ2n) is 8.81. The van der Waals surface area contributed by atoms with Crippen LogP contribution in [0.15, 0.2) is 62.9 Å². The van der Waals surface area contributed by atoms with Gasteiger partial charge in [0.15, 0.2) is 16.7 Å². The fourth-order valence-corrected chi connectivity index (χ4v) is 5.31. The van der Waals surface area contributed by atoms with E-state index in [-0.39, 0.29) is 11.7 Å². The number of methoxy groups -OCH3 is 1. The molecule has 37 heavy (non-hydrogen) atoms. The number of thioether (sulfide) groups is 1. The molecule has 0 aliphatic carbocycles. The first-order valence-corrected chi connectivity index (χ1v) is 13.2. The quantitative estimate of drug-likeness (QED) is 0.179. The minimum atomic E-state index is -0.456. The van der Waals surface area contributed by atoms with Crippen LogP contribution in [0, 0.1) is 27.7 Å². The van der Waals surface area contributed by atoms with E-state index in [1.807, 2.05) is 57.2 Å². The van der Waals surface area contributed by atoms with Crippen LogP contribution in [-0.4, -0.2) is 24.2 Å². The largest absolute Gasteiger partial charge is 0.493 e. The number of anilines is 1. The molecule has 1 fully saturated rings. The van der Waals surface area contributed by atoms with Gasteiger partial charge in [0.25, 0.3) is 5.91 Å². The molecule has 4 rings (SSSR count). The molecule has 1 aliphatic heterocycles. The Morgan fingerprint density at radius 3 is 2.27 bits per heavy atom. The lowest BCUT2D eigenvalue weighted by Gasteiger charge is -2.17. The number of amides is 1. The van der Waals surface area contributed by atoms with E-state index in [1.54, 1.807) is 23.1 Å². The fourth-order valence-electron chi connectivity index (χ4n) is 3.76.